The van der Waals surface area contributed by atoms with Crippen LogP contribution in [0.15, 0.2) is 12.3 Å². The van der Waals surface area contributed by atoms with Crippen molar-refractivity contribution in [3.05, 3.63) is 17.4 Å². The Kier molecular flexibility index (Phi) is 3.02. The summed E-state index contributed by atoms with van der Waals surface area (Å²) in [6.07, 6.45) is 1.45. The molecule has 0 aromatic carbocycles. The van der Waals surface area contributed by atoms with Gasteiger partial charge in [-0.2, -0.15) is 0 Å². The van der Waals surface area contributed by atoms with Gasteiger partial charge in [0.1, 0.15) is 11.2 Å². The molecule has 0 radical (unpaired) electrons. The van der Waals surface area contributed by atoms with E-state index in [4.69, 9.17) is 16.7 Å². The zero-order valence-corrected chi connectivity index (χ0v) is 7.62. The fourth-order valence-corrected chi connectivity index (χ4v) is 0.798. The average Bonchev–Trinajstić information content (AvgIpc) is 2.04. The number of rotatable bonds is 3. The van der Waals surface area contributed by atoms with Crippen LogP contribution in [0.2, 0.25) is 5.15 Å². The highest BCUT2D eigenvalue weighted by molar-refractivity contribution is 6.29. The Bertz CT molecular complexity index is 318. The first-order valence-corrected chi connectivity index (χ1v) is 3.95. The molecule has 2 N–H and O–H groups in total. The molecule has 1 unspecified atom stereocenters. The minimum Gasteiger partial charge on any atom is -0.480 e. The Hall–Kier alpha value is -1.36. The normalized spacial score (nSPS) is 12.2. The molecule has 5 nitrogen and oxygen atoms in total. The number of carboxylic acid groups (broad SMARTS) is 1. The van der Waals surface area contributed by atoms with Gasteiger partial charge in [-0.25, -0.2) is 9.97 Å². The number of nitrogens with one attached hydrogen (secondary N) is 1. The maximum absolute atomic E-state index is 10.4. The number of aromatic nitrogens is 2. The molecule has 1 heterocycles. The van der Waals surface area contributed by atoms with Crippen LogP contribution in [-0.2, 0) is 4.79 Å². The Morgan fingerprint density at radius 2 is 2.46 bits per heavy atom. The van der Waals surface area contributed by atoms with Crippen LogP contribution in [0.1, 0.15) is 6.92 Å². The number of aliphatic carboxylic acids is 1. The predicted octanol–water partition coefficient (Wildman–Crippen LogP) is 1.01. The second-order valence-corrected chi connectivity index (χ2v) is 2.79. The molecule has 0 spiro atoms. The number of carbonyl (C=O) groups is 1. The largest absolute Gasteiger partial charge is 0.480 e. The van der Waals surface area contributed by atoms with Gasteiger partial charge in [0.05, 0.1) is 0 Å². The number of hydrogen-bond donors (Lipinski definition) is 2. The monoisotopic (exact) mass is 201 g/mol. The highest BCUT2D eigenvalue weighted by atomic mass is 35.5. The molecule has 0 aliphatic carbocycles. The summed E-state index contributed by atoms with van der Waals surface area (Å²) in [5.74, 6) is -0.758. The molecule has 0 fully saturated rings. The molecule has 1 aromatic rings. The smallest absolute Gasteiger partial charge is 0.325 e. The first-order valence-electron chi connectivity index (χ1n) is 3.57. The molecular weight excluding hydrogens is 194 g/mol. The van der Waals surface area contributed by atoms with Crippen molar-refractivity contribution in [2.45, 2.75) is 13.0 Å². The maximum Gasteiger partial charge on any atom is 0.325 e. The molecule has 0 saturated heterocycles. The number of hydrogen-bond acceptors (Lipinski definition) is 4. The fraction of sp³-hybridized carbons (Fsp3) is 0.286. The molecule has 70 valence electrons. The zero-order chi connectivity index (χ0) is 9.84. The van der Waals surface area contributed by atoms with Crippen LogP contribution < -0.4 is 5.32 Å². The minimum absolute atomic E-state index is 0.211. The van der Waals surface area contributed by atoms with E-state index in [1.54, 1.807) is 0 Å². The Morgan fingerprint density at radius 3 is 3.00 bits per heavy atom. The van der Waals surface area contributed by atoms with Gasteiger partial charge in [-0.3, -0.25) is 4.79 Å². The van der Waals surface area contributed by atoms with E-state index in [0.29, 0.717) is 0 Å². The van der Waals surface area contributed by atoms with Gasteiger partial charge in [-0.05, 0) is 13.0 Å². The zero-order valence-electron chi connectivity index (χ0n) is 6.86. The second kappa shape index (κ2) is 4.04. The summed E-state index contributed by atoms with van der Waals surface area (Å²) in [6.45, 7) is 1.49. The molecule has 0 bridgehead atoms. The summed E-state index contributed by atoms with van der Waals surface area (Å²) in [5, 5.41) is 11.4. The van der Waals surface area contributed by atoms with Crippen molar-refractivity contribution in [3.63, 3.8) is 0 Å². The first kappa shape index (κ1) is 9.73. The number of carboxylic acids is 1. The summed E-state index contributed by atoms with van der Waals surface area (Å²) in [7, 11) is 0. The molecule has 0 saturated carbocycles. The molecule has 1 atom stereocenters. The van der Waals surface area contributed by atoms with E-state index in [9.17, 15) is 4.79 Å². The molecule has 0 aliphatic heterocycles. The maximum atomic E-state index is 10.4. The van der Waals surface area contributed by atoms with Gasteiger partial charge in [0, 0.05) is 6.20 Å². The highest BCUT2D eigenvalue weighted by Gasteiger charge is 2.11. The van der Waals surface area contributed by atoms with Crippen LogP contribution in [0.25, 0.3) is 0 Å². The van der Waals surface area contributed by atoms with Crippen molar-refractivity contribution in [3.8, 4) is 0 Å². The third kappa shape index (κ3) is 2.87. The predicted molar refractivity (Wildman–Crippen MR) is 47.8 cm³/mol. The van der Waals surface area contributed by atoms with Crippen LogP contribution >= 0.6 is 11.6 Å². The summed E-state index contributed by atoms with van der Waals surface area (Å²) in [4.78, 5) is 18.0. The van der Waals surface area contributed by atoms with E-state index in [1.165, 1.54) is 19.2 Å². The molecular formula is C7H8ClN3O2. The van der Waals surface area contributed by atoms with Crippen molar-refractivity contribution in [2.75, 3.05) is 5.32 Å². The molecule has 13 heavy (non-hydrogen) atoms. The molecule has 0 amide bonds. The third-order valence-corrected chi connectivity index (χ3v) is 1.55. The first-order chi connectivity index (χ1) is 6.09. The van der Waals surface area contributed by atoms with E-state index >= 15 is 0 Å². The lowest BCUT2D eigenvalue weighted by Gasteiger charge is -2.07. The number of halogens is 1. The second-order valence-electron chi connectivity index (χ2n) is 2.41. The summed E-state index contributed by atoms with van der Waals surface area (Å²) in [6, 6.07) is 0.775. The Labute approximate surface area is 79.8 Å². The van der Waals surface area contributed by atoms with Crippen LogP contribution in [0.4, 0.5) is 5.95 Å². The Morgan fingerprint density at radius 1 is 1.77 bits per heavy atom. The van der Waals surface area contributed by atoms with Crippen LogP contribution in [0, 0.1) is 0 Å². The minimum atomic E-state index is -0.969. The van der Waals surface area contributed by atoms with Crippen LogP contribution in [0.3, 0.4) is 0 Å². The lowest BCUT2D eigenvalue weighted by molar-refractivity contribution is -0.137. The molecule has 0 aliphatic rings. The van der Waals surface area contributed by atoms with Crippen LogP contribution in [0.5, 0.6) is 0 Å². The molecule has 6 heteroatoms. The number of anilines is 1. The van der Waals surface area contributed by atoms with Crippen molar-refractivity contribution < 1.29 is 9.90 Å². The van der Waals surface area contributed by atoms with Crippen molar-refractivity contribution in [1.82, 2.24) is 9.97 Å². The summed E-state index contributed by atoms with van der Waals surface area (Å²) >= 11 is 5.57. The van der Waals surface area contributed by atoms with Crippen molar-refractivity contribution in [2.24, 2.45) is 0 Å². The molecule has 1 aromatic heterocycles. The SMILES string of the molecule is CC(Nc1nccc(Cl)n1)C(=O)O. The Balaban J connectivity index is 2.69. The van der Waals surface area contributed by atoms with E-state index in [-0.39, 0.29) is 11.1 Å². The average molecular weight is 202 g/mol. The van der Waals surface area contributed by atoms with Gasteiger partial charge < -0.3 is 10.4 Å². The number of nitrogens with zero attached hydrogens (tertiary/aromatic N) is 2. The lowest BCUT2D eigenvalue weighted by atomic mass is 10.3. The van der Waals surface area contributed by atoms with E-state index in [0.717, 1.165) is 0 Å². The van der Waals surface area contributed by atoms with Gasteiger partial charge in [-0.15, -0.1) is 0 Å². The van der Waals surface area contributed by atoms with Gasteiger partial charge in [0.25, 0.3) is 0 Å². The van der Waals surface area contributed by atoms with Gasteiger partial charge in [-0.1, -0.05) is 11.6 Å². The van der Waals surface area contributed by atoms with E-state index < -0.39 is 12.0 Å². The van der Waals surface area contributed by atoms with Crippen molar-refractivity contribution in [1.29, 1.82) is 0 Å². The topological polar surface area (TPSA) is 75.1 Å². The lowest BCUT2D eigenvalue weighted by Crippen LogP contribution is -2.26. The van der Waals surface area contributed by atoms with E-state index in [1.807, 2.05) is 0 Å². The van der Waals surface area contributed by atoms with Crippen molar-refractivity contribution >= 4 is 23.5 Å². The quantitative estimate of drug-likeness (QED) is 0.714. The summed E-state index contributed by atoms with van der Waals surface area (Å²) in [5.41, 5.74) is 0. The third-order valence-electron chi connectivity index (χ3n) is 1.34. The van der Waals surface area contributed by atoms with Gasteiger partial charge in [0.15, 0.2) is 0 Å². The summed E-state index contributed by atoms with van der Waals surface area (Å²) < 4.78 is 0. The van der Waals surface area contributed by atoms with E-state index in [2.05, 4.69) is 15.3 Å². The van der Waals surface area contributed by atoms with Gasteiger partial charge in [0.2, 0.25) is 5.95 Å². The molecule has 1 rings (SSSR count). The fourth-order valence-electron chi connectivity index (χ4n) is 0.662. The highest BCUT2D eigenvalue weighted by Crippen LogP contribution is 2.06. The van der Waals surface area contributed by atoms with Gasteiger partial charge >= 0.3 is 5.97 Å². The van der Waals surface area contributed by atoms with Crippen LogP contribution in [-0.4, -0.2) is 27.1 Å². The standard InChI is InChI=1S/C7H8ClN3O2/c1-4(6(12)13)10-7-9-3-2-5(8)11-7/h2-4H,1H3,(H,12,13)(H,9,10,11).